The maximum atomic E-state index is 13.0. The van der Waals surface area contributed by atoms with Crippen LogP contribution in [0.15, 0.2) is 45.9 Å². The van der Waals surface area contributed by atoms with E-state index in [0.29, 0.717) is 18.8 Å². The highest BCUT2D eigenvalue weighted by Gasteiger charge is 2.31. The molecule has 1 aromatic heterocycles. The topological polar surface area (TPSA) is 99.9 Å². The second kappa shape index (κ2) is 8.65. The molecule has 1 aliphatic heterocycles. The van der Waals surface area contributed by atoms with Gasteiger partial charge in [-0.1, -0.05) is 18.5 Å². The van der Waals surface area contributed by atoms with E-state index in [2.05, 4.69) is 5.32 Å². The smallest absolute Gasteiger partial charge is 0.251 e. The van der Waals surface area contributed by atoms with E-state index in [-0.39, 0.29) is 27.9 Å². The summed E-state index contributed by atoms with van der Waals surface area (Å²) in [6.07, 6.45) is 2.21. The van der Waals surface area contributed by atoms with Gasteiger partial charge in [-0.25, -0.2) is 8.42 Å². The first kappa shape index (κ1) is 20.9. The number of carbonyl (C=O) groups is 1. The highest BCUT2D eigenvalue weighted by Crippen LogP contribution is 2.29. The number of furan rings is 1. The van der Waals surface area contributed by atoms with Gasteiger partial charge in [-0.15, -0.1) is 0 Å². The Bertz CT molecular complexity index is 930. The van der Waals surface area contributed by atoms with Crippen LogP contribution in [0, 0.1) is 5.92 Å². The first-order valence-corrected chi connectivity index (χ1v) is 10.9. The highest BCUT2D eigenvalue weighted by molar-refractivity contribution is 7.89. The van der Waals surface area contributed by atoms with Gasteiger partial charge < -0.3 is 14.8 Å². The molecule has 1 fully saturated rings. The predicted octanol–water partition coefficient (Wildman–Crippen LogP) is 2.82. The molecule has 152 valence electrons. The molecular formula is C19H23ClN2O5S. The van der Waals surface area contributed by atoms with Crippen LogP contribution >= 0.6 is 11.6 Å². The molecule has 3 rings (SSSR count). The summed E-state index contributed by atoms with van der Waals surface area (Å²) in [6, 6.07) is 7.38. The molecule has 9 heteroatoms. The molecule has 7 nitrogen and oxygen atoms in total. The van der Waals surface area contributed by atoms with Crippen molar-refractivity contribution in [1.82, 2.24) is 9.62 Å². The second-order valence-electron chi connectivity index (χ2n) is 7.00. The zero-order chi connectivity index (χ0) is 20.3. The molecule has 1 aromatic carbocycles. The van der Waals surface area contributed by atoms with Crippen LogP contribution in [0.25, 0.3) is 0 Å². The van der Waals surface area contributed by atoms with Crippen molar-refractivity contribution in [3.8, 4) is 0 Å². The number of hydrogen-bond donors (Lipinski definition) is 2. The molecule has 2 N–H and O–H groups in total. The molecule has 2 heterocycles. The molecule has 0 saturated carbocycles. The van der Waals surface area contributed by atoms with E-state index >= 15 is 0 Å². The van der Waals surface area contributed by atoms with Gasteiger partial charge in [0, 0.05) is 18.7 Å². The molecule has 2 aromatic rings. The molecule has 0 aliphatic carbocycles. The molecule has 2 unspecified atom stereocenters. The van der Waals surface area contributed by atoms with Gasteiger partial charge in [0.15, 0.2) is 0 Å². The lowest BCUT2D eigenvalue weighted by atomic mass is 10.0. The third-order valence-electron chi connectivity index (χ3n) is 4.76. The van der Waals surface area contributed by atoms with Crippen LogP contribution in [0.5, 0.6) is 0 Å². The third-order valence-corrected chi connectivity index (χ3v) is 7.11. The van der Waals surface area contributed by atoms with E-state index in [1.165, 1.54) is 28.8 Å². The lowest BCUT2D eigenvalue weighted by Crippen LogP contribution is -2.39. The molecule has 28 heavy (non-hydrogen) atoms. The lowest BCUT2D eigenvalue weighted by Gasteiger charge is -2.30. The first-order valence-electron chi connectivity index (χ1n) is 9.08. The fourth-order valence-corrected chi connectivity index (χ4v) is 5.32. The quantitative estimate of drug-likeness (QED) is 0.739. The van der Waals surface area contributed by atoms with E-state index in [9.17, 15) is 18.3 Å². The summed E-state index contributed by atoms with van der Waals surface area (Å²) in [6.45, 7) is 2.82. The minimum Gasteiger partial charge on any atom is -0.467 e. The van der Waals surface area contributed by atoms with Gasteiger partial charge in [-0.3, -0.25) is 4.79 Å². The van der Waals surface area contributed by atoms with Crippen LogP contribution in [0.1, 0.15) is 42.0 Å². The Labute approximate surface area is 169 Å². The average Bonchev–Trinajstić information content (AvgIpc) is 3.21. The normalized spacial score (nSPS) is 19.3. The van der Waals surface area contributed by atoms with Gasteiger partial charge >= 0.3 is 0 Å². The summed E-state index contributed by atoms with van der Waals surface area (Å²) < 4.78 is 32.5. The number of nitrogens with one attached hydrogen (secondary N) is 1. The van der Waals surface area contributed by atoms with Crippen molar-refractivity contribution >= 4 is 27.5 Å². The van der Waals surface area contributed by atoms with Crippen LogP contribution in [-0.2, 0) is 10.0 Å². The van der Waals surface area contributed by atoms with Crippen LogP contribution in [0.3, 0.4) is 0 Å². The molecule has 0 bridgehead atoms. The summed E-state index contributed by atoms with van der Waals surface area (Å²) in [7, 11) is -3.79. The van der Waals surface area contributed by atoms with Crippen molar-refractivity contribution < 1.29 is 22.7 Å². The fourth-order valence-electron chi connectivity index (χ4n) is 3.22. The number of halogens is 1. The molecule has 1 saturated heterocycles. The third kappa shape index (κ3) is 4.57. The number of carbonyl (C=O) groups excluding carboxylic acids is 1. The van der Waals surface area contributed by atoms with Gasteiger partial charge in [-0.05, 0) is 49.1 Å². The summed E-state index contributed by atoms with van der Waals surface area (Å²) >= 11 is 6.15. The van der Waals surface area contributed by atoms with Crippen molar-refractivity contribution in [2.75, 3.05) is 19.6 Å². The monoisotopic (exact) mass is 426 g/mol. The van der Waals surface area contributed by atoms with E-state index in [1.54, 1.807) is 12.1 Å². The summed E-state index contributed by atoms with van der Waals surface area (Å²) in [5, 5.41) is 12.6. The Morgan fingerprint density at radius 1 is 1.43 bits per heavy atom. The molecule has 0 spiro atoms. The Hall–Kier alpha value is -1.87. The maximum Gasteiger partial charge on any atom is 0.251 e. The van der Waals surface area contributed by atoms with E-state index < -0.39 is 22.0 Å². The Morgan fingerprint density at radius 3 is 2.89 bits per heavy atom. The highest BCUT2D eigenvalue weighted by atomic mass is 35.5. The molecule has 1 amide bonds. The number of sulfonamides is 1. The Kier molecular flexibility index (Phi) is 6.44. The van der Waals surface area contributed by atoms with Crippen molar-refractivity contribution in [3.05, 3.63) is 52.9 Å². The predicted molar refractivity (Wildman–Crippen MR) is 105 cm³/mol. The van der Waals surface area contributed by atoms with Crippen molar-refractivity contribution in [2.45, 2.75) is 30.8 Å². The fraction of sp³-hybridized carbons (Fsp3) is 0.421. The SMILES string of the molecule is CC1CCCN(S(=O)(=O)c2cc(C(=O)NCC(O)c3ccco3)ccc2Cl)C1. The van der Waals surface area contributed by atoms with Gasteiger partial charge in [0.25, 0.3) is 5.91 Å². The zero-order valence-electron chi connectivity index (χ0n) is 15.5. The van der Waals surface area contributed by atoms with Gasteiger partial charge in [0.05, 0.1) is 17.8 Å². The second-order valence-corrected chi connectivity index (χ2v) is 9.31. The minimum absolute atomic E-state index is 0.0688. The Morgan fingerprint density at radius 2 is 2.21 bits per heavy atom. The number of amides is 1. The zero-order valence-corrected chi connectivity index (χ0v) is 17.0. The van der Waals surface area contributed by atoms with Crippen molar-refractivity contribution in [1.29, 1.82) is 0 Å². The van der Waals surface area contributed by atoms with Crippen LogP contribution in [0.4, 0.5) is 0 Å². The van der Waals surface area contributed by atoms with E-state index in [0.717, 1.165) is 12.8 Å². The Balaban J connectivity index is 1.76. The van der Waals surface area contributed by atoms with Crippen molar-refractivity contribution in [2.24, 2.45) is 5.92 Å². The average molecular weight is 427 g/mol. The maximum absolute atomic E-state index is 13.0. The molecule has 0 radical (unpaired) electrons. The standard InChI is InChI=1S/C19H23ClN2O5S/c1-13-4-2-8-22(12-13)28(25,26)18-10-14(6-7-15(18)20)19(24)21-11-16(23)17-5-3-9-27-17/h3,5-7,9-10,13,16,23H,2,4,8,11-12H2,1H3,(H,21,24). The number of piperidine rings is 1. The van der Waals surface area contributed by atoms with Crippen LogP contribution in [-0.4, -0.2) is 43.4 Å². The summed E-state index contributed by atoms with van der Waals surface area (Å²) in [4.78, 5) is 12.4. The minimum atomic E-state index is -3.79. The lowest BCUT2D eigenvalue weighted by molar-refractivity contribution is 0.0901. The number of aliphatic hydroxyl groups excluding tert-OH is 1. The van der Waals surface area contributed by atoms with Gasteiger partial charge in [0.1, 0.15) is 16.8 Å². The molecule has 1 aliphatic rings. The van der Waals surface area contributed by atoms with Gasteiger partial charge in [-0.2, -0.15) is 4.31 Å². The number of rotatable bonds is 6. The molecule has 2 atom stereocenters. The van der Waals surface area contributed by atoms with E-state index in [4.69, 9.17) is 16.0 Å². The van der Waals surface area contributed by atoms with E-state index in [1.807, 2.05) is 6.92 Å². The summed E-state index contributed by atoms with van der Waals surface area (Å²) in [5.41, 5.74) is 0.152. The number of hydrogen-bond acceptors (Lipinski definition) is 5. The van der Waals surface area contributed by atoms with Gasteiger partial charge in [0.2, 0.25) is 10.0 Å². The summed E-state index contributed by atoms with van der Waals surface area (Å²) in [5.74, 6) is 0.0986. The number of nitrogens with zero attached hydrogens (tertiary/aromatic N) is 1. The number of benzene rings is 1. The largest absolute Gasteiger partial charge is 0.467 e. The molecular weight excluding hydrogens is 404 g/mol. The van der Waals surface area contributed by atoms with Crippen molar-refractivity contribution in [3.63, 3.8) is 0 Å². The van der Waals surface area contributed by atoms with Crippen LogP contribution < -0.4 is 5.32 Å². The van der Waals surface area contributed by atoms with Crippen LogP contribution in [0.2, 0.25) is 5.02 Å². The number of aliphatic hydroxyl groups is 1. The first-order chi connectivity index (χ1) is 13.3.